The first-order valence-electron chi connectivity index (χ1n) is 4.30. The third-order valence-corrected chi connectivity index (χ3v) is 6.18. The number of rotatable bonds is 5. The molecule has 1 fully saturated rings. The molecule has 12 heavy (non-hydrogen) atoms. The minimum Gasteiger partial charge on any atom is -0.160 e. The van der Waals surface area contributed by atoms with Crippen molar-refractivity contribution in [2.24, 2.45) is 0 Å². The lowest BCUT2D eigenvalue weighted by atomic mass is 10.4. The second-order valence-corrected chi connectivity index (χ2v) is 6.55. The zero-order chi connectivity index (χ0) is 8.81. The summed E-state index contributed by atoms with van der Waals surface area (Å²) in [5.41, 5.74) is 0. The highest BCUT2D eigenvalue weighted by atomic mass is 32.2. The first-order valence-corrected chi connectivity index (χ1v) is 7.55. The maximum atomic E-state index is 3.76. The van der Waals surface area contributed by atoms with Crippen molar-refractivity contribution in [3.8, 4) is 0 Å². The van der Waals surface area contributed by atoms with Crippen LogP contribution < -0.4 is 0 Å². The Morgan fingerprint density at radius 1 is 1.42 bits per heavy atom. The van der Waals surface area contributed by atoms with Crippen LogP contribution in [0.5, 0.6) is 0 Å². The average Bonchev–Trinajstić information content (AvgIpc) is 2.50. The van der Waals surface area contributed by atoms with E-state index in [2.05, 4.69) is 48.8 Å². The highest BCUT2D eigenvalue weighted by Gasteiger charge is 2.27. The molecule has 0 spiro atoms. The van der Waals surface area contributed by atoms with Gasteiger partial charge in [0, 0.05) is 27.8 Å². The van der Waals surface area contributed by atoms with E-state index in [1.807, 2.05) is 6.08 Å². The van der Waals surface area contributed by atoms with E-state index in [0.29, 0.717) is 0 Å². The lowest BCUT2D eigenvalue weighted by Gasteiger charge is -2.15. The minimum absolute atomic E-state index is 0.873. The molecule has 0 aliphatic carbocycles. The first-order chi connectivity index (χ1) is 5.88. The van der Waals surface area contributed by atoms with Crippen molar-refractivity contribution in [2.45, 2.75) is 17.4 Å². The smallest absolute Gasteiger partial charge is 0.0268 e. The molecule has 2 unspecified atom stereocenters. The number of thioether (sulfide) groups is 3. The monoisotopic (exact) mass is 220 g/mol. The molecule has 0 radical (unpaired) electrons. The number of hydrogen-bond acceptors (Lipinski definition) is 3. The van der Waals surface area contributed by atoms with E-state index in [9.17, 15) is 0 Å². The summed E-state index contributed by atoms with van der Waals surface area (Å²) in [5.74, 6) is 5.08. The summed E-state index contributed by atoms with van der Waals surface area (Å²) in [5, 5.41) is 1.77. The van der Waals surface area contributed by atoms with E-state index in [1.54, 1.807) is 0 Å². The third-order valence-electron chi connectivity index (χ3n) is 1.79. The molecule has 1 aliphatic rings. The molecule has 0 bridgehead atoms. The second kappa shape index (κ2) is 6.28. The predicted octanol–water partition coefficient (Wildman–Crippen LogP) is 3.14. The summed E-state index contributed by atoms with van der Waals surface area (Å²) in [7, 11) is 0. The van der Waals surface area contributed by atoms with E-state index in [4.69, 9.17) is 0 Å². The van der Waals surface area contributed by atoms with Gasteiger partial charge in [-0.3, -0.25) is 0 Å². The van der Waals surface area contributed by atoms with Gasteiger partial charge in [-0.2, -0.15) is 35.3 Å². The van der Waals surface area contributed by atoms with Crippen LogP contribution in [0, 0.1) is 0 Å². The van der Waals surface area contributed by atoms with E-state index in [0.717, 1.165) is 16.3 Å². The van der Waals surface area contributed by atoms with Gasteiger partial charge in [0.2, 0.25) is 0 Å². The van der Waals surface area contributed by atoms with Crippen LogP contribution in [-0.4, -0.2) is 33.5 Å². The van der Waals surface area contributed by atoms with Crippen LogP contribution in [0.4, 0.5) is 0 Å². The summed E-state index contributed by atoms with van der Waals surface area (Å²) < 4.78 is 0. The fourth-order valence-electron chi connectivity index (χ4n) is 1.23. The van der Waals surface area contributed by atoms with Crippen molar-refractivity contribution in [3.05, 3.63) is 12.7 Å². The normalized spacial score (nSPS) is 29.1. The van der Waals surface area contributed by atoms with Crippen LogP contribution in [0.1, 0.15) is 6.92 Å². The zero-order valence-corrected chi connectivity index (χ0v) is 9.94. The molecule has 0 saturated carbocycles. The van der Waals surface area contributed by atoms with Crippen LogP contribution in [0.3, 0.4) is 0 Å². The Hall–Kier alpha value is 0.790. The Balaban J connectivity index is 2.25. The fourth-order valence-corrected chi connectivity index (χ4v) is 5.79. The Morgan fingerprint density at radius 2 is 2.08 bits per heavy atom. The van der Waals surface area contributed by atoms with E-state index < -0.39 is 0 Å². The molecule has 0 amide bonds. The van der Waals surface area contributed by atoms with Gasteiger partial charge in [0.05, 0.1) is 0 Å². The molecular weight excluding hydrogens is 204 g/mol. The lowest BCUT2D eigenvalue weighted by Crippen LogP contribution is -2.17. The van der Waals surface area contributed by atoms with Gasteiger partial charge in [0.15, 0.2) is 0 Å². The lowest BCUT2D eigenvalue weighted by molar-refractivity contribution is 0.991. The number of hydrogen-bond donors (Lipinski definition) is 0. The van der Waals surface area contributed by atoms with Gasteiger partial charge in [0.1, 0.15) is 0 Å². The van der Waals surface area contributed by atoms with Crippen LogP contribution in [0.15, 0.2) is 12.7 Å². The molecule has 0 nitrogen and oxygen atoms in total. The zero-order valence-electron chi connectivity index (χ0n) is 7.49. The summed E-state index contributed by atoms with van der Waals surface area (Å²) in [6.07, 6.45) is 2.02. The average molecular weight is 220 g/mol. The molecule has 1 rings (SSSR count). The third kappa shape index (κ3) is 3.27. The minimum atomic E-state index is 0.873. The second-order valence-electron chi connectivity index (χ2n) is 2.69. The molecule has 0 aromatic carbocycles. The predicted molar refractivity (Wildman–Crippen MR) is 65.7 cm³/mol. The molecule has 0 aromatic rings. The van der Waals surface area contributed by atoms with Gasteiger partial charge in [0.25, 0.3) is 0 Å². The molecule has 1 saturated heterocycles. The summed E-state index contributed by atoms with van der Waals surface area (Å²) in [6.45, 7) is 6.01. The van der Waals surface area contributed by atoms with Crippen molar-refractivity contribution in [2.75, 3.05) is 23.0 Å². The van der Waals surface area contributed by atoms with Crippen molar-refractivity contribution in [3.63, 3.8) is 0 Å². The highest BCUT2D eigenvalue weighted by molar-refractivity contribution is 8.08. The van der Waals surface area contributed by atoms with Crippen LogP contribution >= 0.6 is 35.3 Å². The fraction of sp³-hybridized carbons (Fsp3) is 0.778. The molecular formula is C9H16S3. The van der Waals surface area contributed by atoms with Gasteiger partial charge in [-0.05, 0) is 5.75 Å². The highest BCUT2D eigenvalue weighted by Crippen LogP contribution is 2.35. The molecule has 70 valence electrons. The molecule has 3 heteroatoms. The molecule has 1 heterocycles. The summed E-state index contributed by atoms with van der Waals surface area (Å²) in [4.78, 5) is 0. The molecule has 2 atom stereocenters. The van der Waals surface area contributed by atoms with E-state index in [1.165, 1.54) is 17.3 Å². The van der Waals surface area contributed by atoms with Crippen LogP contribution in [0.2, 0.25) is 0 Å². The van der Waals surface area contributed by atoms with Gasteiger partial charge < -0.3 is 0 Å². The van der Waals surface area contributed by atoms with Crippen LogP contribution in [0.25, 0.3) is 0 Å². The topological polar surface area (TPSA) is 0 Å². The van der Waals surface area contributed by atoms with E-state index in [-0.39, 0.29) is 0 Å². The Morgan fingerprint density at radius 3 is 2.67 bits per heavy atom. The van der Waals surface area contributed by atoms with Crippen molar-refractivity contribution in [1.82, 2.24) is 0 Å². The van der Waals surface area contributed by atoms with Crippen LogP contribution in [-0.2, 0) is 0 Å². The first kappa shape index (κ1) is 10.9. The van der Waals surface area contributed by atoms with Crippen molar-refractivity contribution in [1.29, 1.82) is 0 Å². The molecule has 0 N–H and O–H groups in total. The van der Waals surface area contributed by atoms with Gasteiger partial charge in [-0.1, -0.05) is 13.0 Å². The molecule has 0 aromatic heterocycles. The SMILES string of the molecule is C=CCSC1CSCC1SCC. The largest absolute Gasteiger partial charge is 0.160 e. The Kier molecular flexibility index (Phi) is 5.68. The Labute approximate surface area is 88.3 Å². The van der Waals surface area contributed by atoms with Gasteiger partial charge in [-0.25, -0.2) is 0 Å². The maximum Gasteiger partial charge on any atom is 0.0268 e. The van der Waals surface area contributed by atoms with Gasteiger partial charge >= 0.3 is 0 Å². The molecule has 1 aliphatic heterocycles. The van der Waals surface area contributed by atoms with E-state index >= 15 is 0 Å². The summed E-state index contributed by atoms with van der Waals surface area (Å²) >= 11 is 6.30. The van der Waals surface area contributed by atoms with Gasteiger partial charge in [-0.15, -0.1) is 6.58 Å². The van der Waals surface area contributed by atoms with Crippen molar-refractivity contribution >= 4 is 35.3 Å². The quantitative estimate of drug-likeness (QED) is 0.653. The maximum absolute atomic E-state index is 3.76. The standard InChI is InChI=1S/C9H16S3/c1-3-5-12-9-7-10-6-8(9)11-4-2/h3,8-9H,1,4-7H2,2H3. The van der Waals surface area contributed by atoms with Crippen molar-refractivity contribution < 1.29 is 0 Å². The Bertz CT molecular complexity index is 136. The summed E-state index contributed by atoms with van der Waals surface area (Å²) in [6, 6.07) is 0.